The lowest BCUT2D eigenvalue weighted by atomic mass is 10.1. The molecule has 0 bridgehead atoms. The number of hydrogen-bond acceptors (Lipinski definition) is 5. The zero-order valence-electron chi connectivity index (χ0n) is 18.3. The van der Waals surface area contributed by atoms with Crippen molar-refractivity contribution in [2.24, 2.45) is 0 Å². The van der Waals surface area contributed by atoms with Crippen LogP contribution in [0.2, 0.25) is 0 Å². The number of sulfonamides is 1. The minimum atomic E-state index is -3.96. The summed E-state index contributed by atoms with van der Waals surface area (Å²) in [4.78, 5) is 14.7. The number of fused-ring (bicyclic) bond motifs is 2. The Morgan fingerprint density at radius 1 is 0.969 bits per heavy atom. The van der Waals surface area contributed by atoms with E-state index in [1.54, 1.807) is 44.3 Å². The average molecular weight is 453 g/mol. The molecular formula is C24H24N2O5S. The molecule has 3 aromatic rings. The van der Waals surface area contributed by atoms with Crippen molar-refractivity contribution in [2.45, 2.75) is 25.7 Å². The zero-order valence-corrected chi connectivity index (χ0v) is 19.1. The van der Waals surface area contributed by atoms with Crippen LogP contribution in [-0.2, 0) is 10.0 Å². The predicted octanol–water partition coefficient (Wildman–Crippen LogP) is 4.89. The molecule has 166 valence electrons. The second kappa shape index (κ2) is 8.20. The van der Waals surface area contributed by atoms with E-state index in [9.17, 15) is 13.2 Å². The number of carbonyl (C=O) groups is 1. The van der Waals surface area contributed by atoms with Gasteiger partial charge in [0.2, 0.25) is 0 Å². The van der Waals surface area contributed by atoms with E-state index in [1.807, 2.05) is 32.0 Å². The summed E-state index contributed by atoms with van der Waals surface area (Å²) in [5.74, 6) is 0.888. The van der Waals surface area contributed by atoms with Crippen molar-refractivity contribution in [3.05, 3.63) is 71.3 Å². The van der Waals surface area contributed by atoms with Gasteiger partial charge in [-0.05, 0) is 74.4 Å². The van der Waals surface area contributed by atoms with Crippen LogP contribution in [0.5, 0.6) is 17.2 Å². The summed E-state index contributed by atoms with van der Waals surface area (Å²) in [6.07, 6.45) is 0. The molecule has 0 unspecified atom stereocenters. The van der Waals surface area contributed by atoms with Gasteiger partial charge in [-0.2, -0.15) is 0 Å². The van der Waals surface area contributed by atoms with Crippen LogP contribution in [0.4, 0.5) is 11.4 Å². The van der Waals surface area contributed by atoms with Gasteiger partial charge in [0, 0.05) is 12.7 Å². The van der Waals surface area contributed by atoms with Crippen LogP contribution in [-0.4, -0.2) is 28.0 Å². The van der Waals surface area contributed by atoms with Gasteiger partial charge >= 0.3 is 0 Å². The summed E-state index contributed by atoms with van der Waals surface area (Å²) < 4.78 is 40.3. The third kappa shape index (κ3) is 4.01. The van der Waals surface area contributed by atoms with E-state index in [0.29, 0.717) is 23.8 Å². The number of amides is 1. The lowest BCUT2D eigenvalue weighted by molar-refractivity contribution is 0.0993. The van der Waals surface area contributed by atoms with Crippen molar-refractivity contribution in [3.8, 4) is 17.2 Å². The van der Waals surface area contributed by atoms with Crippen LogP contribution < -0.4 is 19.1 Å². The molecule has 0 aliphatic carbocycles. The monoisotopic (exact) mass is 452 g/mol. The van der Waals surface area contributed by atoms with E-state index >= 15 is 0 Å². The molecule has 0 spiro atoms. The molecule has 7 nitrogen and oxygen atoms in total. The van der Waals surface area contributed by atoms with Gasteiger partial charge in [0.15, 0.2) is 5.75 Å². The van der Waals surface area contributed by atoms with Gasteiger partial charge in [-0.15, -0.1) is 0 Å². The molecule has 1 aliphatic heterocycles. The molecule has 8 heteroatoms. The minimum Gasteiger partial charge on any atom is -0.492 e. The first kappa shape index (κ1) is 21.7. The number of nitrogens with one attached hydrogen (secondary N) is 1. The summed E-state index contributed by atoms with van der Waals surface area (Å²) in [5, 5.41) is 0. The number of carbonyl (C=O) groups excluding carboxylic acids is 1. The fourth-order valence-corrected chi connectivity index (χ4v) is 4.82. The van der Waals surface area contributed by atoms with Crippen LogP contribution >= 0.6 is 0 Å². The number of ether oxygens (including phenoxy) is 2. The first-order chi connectivity index (χ1) is 15.2. The van der Waals surface area contributed by atoms with Crippen molar-refractivity contribution >= 4 is 27.3 Å². The average Bonchev–Trinajstić information content (AvgIpc) is 2.85. The molecule has 0 aromatic heterocycles. The van der Waals surface area contributed by atoms with E-state index in [1.165, 1.54) is 11.0 Å². The summed E-state index contributed by atoms with van der Waals surface area (Å²) >= 11 is 0. The van der Waals surface area contributed by atoms with E-state index in [0.717, 1.165) is 11.1 Å². The Morgan fingerprint density at radius 2 is 1.66 bits per heavy atom. The molecule has 0 saturated heterocycles. The number of rotatable bonds is 5. The van der Waals surface area contributed by atoms with E-state index in [4.69, 9.17) is 9.47 Å². The topological polar surface area (TPSA) is 84.9 Å². The molecule has 4 rings (SSSR count). The normalized spacial score (nSPS) is 13.0. The van der Waals surface area contributed by atoms with Gasteiger partial charge < -0.3 is 14.4 Å². The third-order valence-electron chi connectivity index (χ3n) is 5.15. The Labute approximate surface area is 187 Å². The van der Waals surface area contributed by atoms with Crippen LogP contribution in [0.25, 0.3) is 0 Å². The Hall–Kier alpha value is -3.52. The highest BCUT2D eigenvalue weighted by atomic mass is 32.2. The van der Waals surface area contributed by atoms with E-state index in [-0.39, 0.29) is 27.8 Å². The summed E-state index contributed by atoms with van der Waals surface area (Å²) in [7, 11) is -2.29. The molecule has 0 saturated carbocycles. The Bertz CT molecular complexity index is 1320. The number of hydrogen-bond donors (Lipinski definition) is 1. The van der Waals surface area contributed by atoms with E-state index in [2.05, 4.69) is 4.72 Å². The molecule has 1 N–H and O–H groups in total. The van der Waals surface area contributed by atoms with Gasteiger partial charge in [0.1, 0.15) is 16.4 Å². The quantitative estimate of drug-likeness (QED) is 0.596. The lowest BCUT2D eigenvalue weighted by Crippen LogP contribution is -2.25. The van der Waals surface area contributed by atoms with Crippen molar-refractivity contribution in [2.75, 3.05) is 23.3 Å². The van der Waals surface area contributed by atoms with Crippen molar-refractivity contribution in [3.63, 3.8) is 0 Å². The maximum atomic E-state index is 13.1. The first-order valence-electron chi connectivity index (χ1n) is 10.2. The van der Waals surface area contributed by atoms with Crippen LogP contribution in [0, 0.1) is 13.8 Å². The molecule has 1 heterocycles. The van der Waals surface area contributed by atoms with E-state index < -0.39 is 10.0 Å². The van der Waals surface area contributed by atoms with Crippen LogP contribution in [0.15, 0.2) is 59.5 Å². The maximum absolute atomic E-state index is 13.1. The molecule has 3 aromatic carbocycles. The fourth-order valence-electron chi connectivity index (χ4n) is 3.54. The van der Waals surface area contributed by atoms with Gasteiger partial charge in [0.25, 0.3) is 15.9 Å². The number of anilines is 2. The molecular weight excluding hydrogens is 428 g/mol. The smallest absolute Gasteiger partial charge is 0.265 e. The minimum absolute atomic E-state index is 0.0388. The van der Waals surface area contributed by atoms with Crippen LogP contribution in [0.3, 0.4) is 0 Å². The largest absolute Gasteiger partial charge is 0.492 e. The molecule has 0 fully saturated rings. The fraction of sp³-hybridized carbons (Fsp3) is 0.208. The molecule has 1 amide bonds. The van der Waals surface area contributed by atoms with Crippen molar-refractivity contribution in [1.82, 2.24) is 0 Å². The summed E-state index contributed by atoms with van der Waals surface area (Å²) in [6, 6.07) is 15.2. The first-order valence-corrected chi connectivity index (χ1v) is 11.6. The van der Waals surface area contributed by atoms with Crippen molar-refractivity contribution in [1.29, 1.82) is 0 Å². The highest BCUT2D eigenvalue weighted by Gasteiger charge is 2.27. The third-order valence-corrected chi connectivity index (χ3v) is 6.55. The van der Waals surface area contributed by atoms with Gasteiger partial charge in [0.05, 0.1) is 17.9 Å². The Kier molecular flexibility index (Phi) is 5.56. The summed E-state index contributed by atoms with van der Waals surface area (Å²) in [5.41, 5.74) is 2.94. The van der Waals surface area contributed by atoms with Gasteiger partial charge in [-0.3, -0.25) is 9.52 Å². The van der Waals surface area contributed by atoms with Gasteiger partial charge in [-0.25, -0.2) is 8.42 Å². The Balaban J connectivity index is 1.71. The number of benzene rings is 3. The second-order valence-electron chi connectivity index (χ2n) is 7.64. The standard InChI is InChI=1S/C24H24N2O5S/c1-5-30-22-10-7-16(3)13-23(22)32(28,29)25-17-8-11-20-18(14-17)24(27)26(4)19-12-15(2)6-9-21(19)31-20/h6-14,25H,5H2,1-4H3. The number of aryl methyl sites for hydroxylation is 2. The molecule has 0 atom stereocenters. The maximum Gasteiger partial charge on any atom is 0.265 e. The SMILES string of the molecule is CCOc1ccc(C)cc1S(=O)(=O)Nc1ccc2c(c1)C(=O)N(C)c1cc(C)ccc1O2. The summed E-state index contributed by atoms with van der Waals surface area (Å²) in [6.45, 7) is 5.87. The highest BCUT2D eigenvalue weighted by Crippen LogP contribution is 2.40. The molecule has 0 radical (unpaired) electrons. The second-order valence-corrected chi connectivity index (χ2v) is 9.29. The number of nitrogens with zero attached hydrogens (tertiary/aromatic N) is 1. The highest BCUT2D eigenvalue weighted by molar-refractivity contribution is 7.92. The molecule has 1 aliphatic rings. The van der Waals surface area contributed by atoms with Crippen LogP contribution in [0.1, 0.15) is 28.4 Å². The van der Waals surface area contributed by atoms with Gasteiger partial charge in [-0.1, -0.05) is 12.1 Å². The molecule has 32 heavy (non-hydrogen) atoms. The van der Waals surface area contributed by atoms with Crippen molar-refractivity contribution < 1.29 is 22.7 Å². The zero-order chi connectivity index (χ0) is 23.0. The Morgan fingerprint density at radius 3 is 2.41 bits per heavy atom. The lowest BCUT2D eigenvalue weighted by Gasteiger charge is -2.17. The predicted molar refractivity (Wildman–Crippen MR) is 124 cm³/mol.